The topological polar surface area (TPSA) is 95.2 Å². The molecule has 25 heavy (non-hydrogen) atoms. The number of hydrogen-bond acceptors (Lipinski definition) is 8. The van der Waals surface area contributed by atoms with Gasteiger partial charge < -0.3 is 4.74 Å². The lowest BCUT2D eigenvalue weighted by Crippen LogP contribution is -2.11. The summed E-state index contributed by atoms with van der Waals surface area (Å²) in [7, 11) is 1.35. The number of rotatable bonds is 7. The Labute approximate surface area is 153 Å². The number of non-ortho nitro benzene ring substituents is 1. The number of carbonyl (C=O) groups excluding carboxylic acids is 1. The van der Waals surface area contributed by atoms with Gasteiger partial charge in [0.25, 0.3) is 5.69 Å². The van der Waals surface area contributed by atoms with E-state index < -0.39 is 4.92 Å². The van der Waals surface area contributed by atoms with Crippen LogP contribution in [-0.4, -0.2) is 40.5 Å². The second-order valence-corrected chi connectivity index (χ2v) is 6.58. The van der Waals surface area contributed by atoms with Crippen LogP contribution in [-0.2, 0) is 22.4 Å². The molecule has 0 atom stereocenters. The average Bonchev–Trinajstić information content (AvgIpc) is 2.62. The molecule has 0 fully saturated rings. The van der Waals surface area contributed by atoms with Gasteiger partial charge in [0.1, 0.15) is 15.9 Å². The van der Waals surface area contributed by atoms with E-state index in [0.29, 0.717) is 12.2 Å². The van der Waals surface area contributed by atoms with Crippen molar-refractivity contribution in [2.45, 2.75) is 22.9 Å². The van der Waals surface area contributed by atoms with Crippen molar-refractivity contribution in [3.05, 3.63) is 51.3 Å². The van der Waals surface area contributed by atoms with Crippen LogP contribution in [0.2, 0.25) is 0 Å². The van der Waals surface area contributed by atoms with Crippen LogP contribution in [0.25, 0.3) is 0 Å². The van der Waals surface area contributed by atoms with Crippen LogP contribution in [0, 0.1) is 10.1 Å². The molecule has 0 unspecified atom stereocenters. The molecule has 1 heterocycles. The van der Waals surface area contributed by atoms with E-state index in [9.17, 15) is 14.9 Å². The number of aromatic nitrogens is 2. The maximum atomic E-state index is 11.6. The number of hydrogen-bond donors (Lipinski definition) is 0. The quantitative estimate of drug-likeness (QED) is 0.238. The van der Waals surface area contributed by atoms with Gasteiger partial charge in [0, 0.05) is 24.1 Å². The molecule has 2 aromatic rings. The lowest BCUT2D eigenvalue weighted by Gasteiger charge is -2.12. The molecule has 0 aliphatic carbocycles. The van der Waals surface area contributed by atoms with Crippen LogP contribution < -0.4 is 0 Å². The van der Waals surface area contributed by atoms with Crippen LogP contribution in [0.4, 0.5) is 5.69 Å². The van der Waals surface area contributed by atoms with Crippen LogP contribution in [0.5, 0.6) is 0 Å². The molecule has 0 radical (unpaired) electrons. The summed E-state index contributed by atoms with van der Waals surface area (Å²) in [5, 5.41) is 12.2. The third-order valence-electron chi connectivity index (χ3n) is 3.42. The van der Waals surface area contributed by atoms with Gasteiger partial charge in [0.2, 0.25) is 0 Å². The van der Waals surface area contributed by atoms with Crippen LogP contribution >= 0.6 is 23.5 Å². The Bertz CT molecular complexity index is 756. The van der Waals surface area contributed by atoms with Crippen LogP contribution in [0.15, 0.2) is 34.3 Å². The van der Waals surface area contributed by atoms with Crippen molar-refractivity contribution >= 4 is 35.2 Å². The first-order valence-corrected chi connectivity index (χ1v) is 9.71. The molecule has 0 aliphatic heterocycles. The van der Waals surface area contributed by atoms with Gasteiger partial charge in [0.15, 0.2) is 0 Å². The summed E-state index contributed by atoms with van der Waals surface area (Å²) in [5.74, 6) is 0.272. The van der Waals surface area contributed by atoms with Crippen LogP contribution in [0.1, 0.15) is 17.0 Å². The number of carbonyl (C=O) groups is 1. The van der Waals surface area contributed by atoms with E-state index >= 15 is 0 Å². The van der Waals surface area contributed by atoms with Gasteiger partial charge in [-0.05, 0) is 18.1 Å². The minimum absolute atomic E-state index is 0.0488. The summed E-state index contributed by atoms with van der Waals surface area (Å²) < 4.78 is 4.74. The lowest BCUT2D eigenvalue weighted by atomic mass is 10.1. The number of thioether (sulfide) groups is 2. The van der Waals surface area contributed by atoms with Crippen molar-refractivity contribution in [1.82, 2.24) is 9.97 Å². The minimum Gasteiger partial charge on any atom is -0.469 e. The molecule has 0 bridgehead atoms. The van der Waals surface area contributed by atoms with E-state index in [1.54, 1.807) is 12.1 Å². The lowest BCUT2D eigenvalue weighted by molar-refractivity contribution is -0.384. The maximum Gasteiger partial charge on any atom is 0.310 e. The number of benzene rings is 1. The fraction of sp³-hybridized carbons (Fsp3) is 0.312. The van der Waals surface area contributed by atoms with Crippen molar-refractivity contribution < 1.29 is 14.5 Å². The molecule has 0 amide bonds. The highest BCUT2D eigenvalue weighted by atomic mass is 32.2. The molecule has 2 rings (SSSR count). The Morgan fingerprint density at radius 2 is 1.72 bits per heavy atom. The van der Waals surface area contributed by atoms with E-state index in [1.165, 1.54) is 42.8 Å². The van der Waals surface area contributed by atoms with Gasteiger partial charge >= 0.3 is 5.97 Å². The number of nitro benzene ring substituents is 1. The molecule has 9 heteroatoms. The SMILES string of the molecule is COC(=O)Cc1c(SC)nc(Cc2ccc([N+](=O)[O-])cc2)nc1SC. The Hall–Kier alpha value is -2.13. The highest BCUT2D eigenvalue weighted by Crippen LogP contribution is 2.28. The van der Waals surface area contributed by atoms with Gasteiger partial charge in [0.05, 0.1) is 18.5 Å². The molecule has 7 nitrogen and oxygen atoms in total. The maximum absolute atomic E-state index is 11.6. The minimum atomic E-state index is -0.431. The summed E-state index contributed by atoms with van der Waals surface area (Å²) in [6, 6.07) is 6.32. The molecule has 0 N–H and O–H groups in total. The molecule has 0 spiro atoms. The number of methoxy groups -OCH3 is 1. The van der Waals surface area contributed by atoms with E-state index in [1.807, 2.05) is 12.5 Å². The van der Waals surface area contributed by atoms with E-state index in [0.717, 1.165) is 21.2 Å². The summed E-state index contributed by atoms with van der Waals surface area (Å²) in [6.07, 6.45) is 4.37. The molecule has 1 aromatic carbocycles. The third-order valence-corrected chi connectivity index (χ3v) is 4.87. The molecular weight excluding hydrogens is 362 g/mol. The first-order chi connectivity index (χ1) is 12.0. The summed E-state index contributed by atoms with van der Waals surface area (Å²) >= 11 is 2.89. The van der Waals surface area contributed by atoms with Gasteiger partial charge in [-0.3, -0.25) is 14.9 Å². The predicted molar refractivity (Wildman–Crippen MR) is 97.2 cm³/mol. The molecule has 0 saturated carbocycles. The summed E-state index contributed by atoms with van der Waals surface area (Å²) in [4.78, 5) is 31.0. The predicted octanol–water partition coefficient (Wildman–Crippen LogP) is 3.13. The number of esters is 1. The zero-order valence-corrected chi connectivity index (χ0v) is 15.6. The standard InChI is InChI=1S/C16H17N3O4S2/c1-23-14(20)9-12-15(24-2)17-13(18-16(12)25-3)8-10-4-6-11(7-5-10)19(21)22/h4-7H,8-9H2,1-3H3. The first kappa shape index (κ1) is 19.2. The zero-order chi connectivity index (χ0) is 18.4. The van der Waals surface area contributed by atoms with Crippen molar-refractivity contribution in [2.75, 3.05) is 19.6 Å². The Morgan fingerprint density at radius 1 is 1.16 bits per heavy atom. The number of nitrogens with zero attached hydrogens (tertiary/aromatic N) is 3. The molecule has 0 aliphatic rings. The van der Waals surface area contributed by atoms with E-state index in [4.69, 9.17) is 4.74 Å². The Balaban J connectivity index is 2.32. The Kier molecular flexibility index (Phi) is 6.77. The zero-order valence-electron chi connectivity index (χ0n) is 14.0. The number of ether oxygens (including phenoxy) is 1. The summed E-state index contributed by atoms with van der Waals surface area (Å²) in [5.41, 5.74) is 1.69. The van der Waals surface area contributed by atoms with Gasteiger partial charge in [-0.2, -0.15) is 0 Å². The Morgan fingerprint density at radius 3 is 2.16 bits per heavy atom. The summed E-state index contributed by atoms with van der Waals surface area (Å²) in [6.45, 7) is 0. The first-order valence-electron chi connectivity index (χ1n) is 7.26. The second-order valence-electron chi connectivity index (χ2n) is 4.99. The van der Waals surface area contributed by atoms with Gasteiger partial charge in [-0.15, -0.1) is 23.5 Å². The number of nitro groups is 1. The fourth-order valence-corrected chi connectivity index (χ4v) is 3.48. The smallest absolute Gasteiger partial charge is 0.310 e. The second kappa shape index (κ2) is 8.82. The third kappa shape index (κ3) is 4.93. The molecule has 132 valence electrons. The average molecular weight is 379 g/mol. The van der Waals surface area contributed by atoms with Gasteiger partial charge in [-0.25, -0.2) is 9.97 Å². The molecular formula is C16H17N3O4S2. The van der Waals surface area contributed by atoms with E-state index in [2.05, 4.69) is 9.97 Å². The molecule has 1 aromatic heterocycles. The van der Waals surface area contributed by atoms with Gasteiger partial charge in [-0.1, -0.05) is 12.1 Å². The van der Waals surface area contributed by atoms with Crippen molar-refractivity contribution in [3.8, 4) is 0 Å². The van der Waals surface area contributed by atoms with Crippen molar-refractivity contribution in [1.29, 1.82) is 0 Å². The fourth-order valence-electron chi connectivity index (χ4n) is 2.19. The van der Waals surface area contributed by atoms with E-state index in [-0.39, 0.29) is 18.1 Å². The molecule has 0 saturated heterocycles. The largest absolute Gasteiger partial charge is 0.469 e. The normalized spacial score (nSPS) is 10.5. The van der Waals surface area contributed by atoms with Crippen molar-refractivity contribution in [2.24, 2.45) is 0 Å². The highest BCUT2D eigenvalue weighted by Gasteiger charge is 2.17. The van der Waals surface area contributed by atoms with Crippen LogP contribution in [0.3, 0.4) is 0 Å². The highest BCUT2D eigenvalue weighted by molar-refractivity contribution is 7.99. The monoisotopic (exact) mass is 379 g/mol. The van der Waals surface area contributed by atoms with Crippen molar-refractivity contribution in [3.63, 3.8) is 0 Å².